The first kappa shape index (κ1) is 19.6. The van der Waals surface area contributed by atoms with Crippen LogP contribution in [0.1, 0.15) is 20.3 Å². The smallest absolute Gasteiger partial charge is 0.344 e. The summed E-state index contributed by atoms with van der Waals surface area (Å²) in [6, 6.07) is 5.40. The highest BCUT2D eigenvalue weighted by molar-refractivity contribution is 6.07. The third kappa shape index (κ3) is 4.48. The Balaban J connectivity index is 1.78. The summed E-state index contributed by atoms with van der Waals surface area (Å²) in [7, 11) is 1.67. The van der Waals surface area contributed by atoms with Gasteiger partial charge in [-0.1, -0.05) is 19.1 Å². The van der Waals surface area contributed by atoms with E-state index >= 15 is 0 Å². The lowest BCUT2D eigenvalue weighted by Gasteiger charge is -2.21. The number of amides is 4. The number of halogens is 1. The molecule has 1 saturated heterocycles. The summed E-state index contributed by atoms with van der Waals surface area (Å²) in [5.41, 5.74) is 1.30. The van der Waals surface area contributed by atoms with Crippen LogP contribution in [-0.4, -0.2) is 60.0 Å². The van der Waals surface area contributed by atoms with Crippen LogP contribution in [0.4, 0.5) is 9.18 Å². The molecule has 1 atom stereocenters. The number of benzene rings is 1. The second-order valence-electron chi connectivity index (χ2n) is 6.31. The number of ether oxygens (including phenoxy) is 1. The lowest BCUT2D eigenvalue weighted by Crippen LogP contribution is -2.51. The number of carbonyl (C=O) groups is 3. The van der Waals surface area contributed by atoms with Crippen LogP contribution in [0, 0.1) is 5.82 Å². The maximum Gasteiger partial charge on any atom is 0.344 e. The SMILES string of the molecule is CC[C@@]1(C)NC(=O)N(NC(=O)CN(C)CCOc2ccccc2F)C1=O. The standard InChI is InChI=1S/C17H23FN4O4/c1-4-17(2)15(24)22(16(25)19-17)20-14(23)11-21(3)9-10-26-13-8-6-5-7-12(13)18/h5-8H,4,9-11H2,1-3H3,(H,19,25)(H,20,23)/t17-/m1/s1. The minimum atomic E-state index is -1.01. The van der Waals surface area contributed by atoms with Gasteiger partial charge < -0.3 is 10.1 Å². The third-order valence-corrected chi connectivity index (χ3v) is 4.19. The molecular formula is C17H23FN4O4. The molecule has 1 aromatic carbocycles. The number of likely N-dealkylation sites (N-methyl/N-ethyl adjacent to an activating group) is 1. The number of hydrogen-bond acceptors (Lipinski definition) is 5. The molecule has 8 nitrogen and oxygen atoms in total. The number of para-hydroxylation sites is 1. The van der Waals surface area contributed by atoms with E-state index in [1.54, 1.807) is 37.9 Å². The minimum absolute atomic E-state index is 0.0550. The monoisotopic (exact) mass is 366 g/mol. The molecule has 2 rings (SSSR count). The zero-order valence-electron chi connectivity index (χ0n) is 15.0. The van der Waals surface area contributed by atoms with Gasteiger partial charge in [0.05, 0.1) is 6.54 Å². The van der Waals surface area contributed by atoms with Crippen LogP contribution in [-0.2, 0) is 9.59 Å². The molecule has 142 valence electrons. The van der Waals surface area contributed by atoms with Crippen molar-refractivity contribution in [1.29, 1.82) is 0 Å². The number of nitrogens with one attached hydrogen (secondary N) is 2. The van der Waals surface area contributed by atoms with Crippen molar-refractivity contribution in [2.45, 2.75) is 25.8 Å². The molecule has 1 aromatic rings. The van der Waals surface area contributed by atoms with Crippen molar-refractivity contribution in [2.24, 2.45) is 0 Å². The third-order valence-electron chi connectivity index (χ3n) is 4.19. The Labute approximate surface area is 151 Å². The van der Waals surface area contributed by atoms with Gasteiger partial charge in [-0.15, -0.1) is 0 Å². The van der Waals surface area contributed by atoms with Crippen molar-refractivity contribution >= 4 is 17.8 Å². The Hall–Kier alpha value is -2.68. The quantitative estimate of drug-likeness (QED) is 0.667. The molecule has 0 radical (unpaired) electrons. The predicted molar refractivity (Wildman–Crippen MR) is 91.6 cm³/mol. The molecule has 26 heavy (non-hydrogen) atoms. The fraction of sp³-hybridized carbons (Fsp3) is 0.471. The fourth-order valence-corrected chi connectivity index (χ4v) is 2.38. The molecule has 2 N–H and O–H groups in total. The Morgan fingerprint density at radius 1 is 1.38 bits per heavy atom. The summed E-state index contributed by atoms with van der Waals surface area (Å²) in [5.74, 6) is -1.32. The topological polar surface area (TPSA) is 91.0 Å². The Morgan fingerprint density at radius 3 is 2.69 bits per heavy atom. The molecule has 0 aliphatic carbocycles. The van der Waals surface area contributed by atoms with E-state index in [1.807, 2.05) is 0 Å². The maximum absolute atomic E-state index is 13.4. The highest BCUT2D eigenvalue weighted by Gasteiger charge is 2.47. The fourth-order valence-electron chi connectivity index (χ4n) is 2.38. The highest BCUT2D eigenvalue weighted by Crippen LogP contribution is 2.19. The van der Waals surface area contributed by atoms with E-state index < -0.39 is 29.2 Å². The molecule has 0 bridgehead atoms. The van der Waals surface area contributed by atoms with E-state index in [0.29, 0.717) is 18.0 Å². The summed E-state index contributed by atoms with van der Waals surface area (Å²) in [6.45, 7) is 3.86. The Morgan fingerprint density at radius 2 is 2.08 bits per heavy atom. The van der Waals surface area contributed by atoms with Crippen LogP contribution in [0.5, 0.6) is 5.75 Å². The molecule has 1 aliphatic heterocycles. The summed E-state index contributed by atoms with van der Waals surface area (Å²) in [6.07, 6.45) is 0.414. The van der Waals surface area contributed by atoms with Gasteiger partial charge in [-0.2, -0.15) is 5.01 Å². The van der Waals surface area contributed by atoms with Crippen LogP contribution in [0.3, 0.4) is 0 Å². The number of carbonyl (C=O) groups excluding carboxylic acids is 3. The second kappa shape index (κ2) is 8.13. The van der Waals surface area contributed by atoms with Crippen molar-refractivity contribution in [2.75, 3.05) is 26.7 Å². The molecule has 0 saturated carbocycles. The van der Waals surface area contributed by atoms with Gasteiger partial charge in [0.25, 0.3) is 11.8 Å². The van der Waals surface area contributed by atoms with Crippen molar-refractivity contribution < 1.29 is 23.5 Å². The number of hydrazine groups is 1. The normalized spacial score (nSPS) is 19.7. The summed E-state index contributed by atoms with van der Waals surface area (Å²) >= 11 is 0. The van der Waals surface area contributed by atoms with Crippen LogP contribution < -0.4 is 15.5 Å². The molecule has 0 spiro atoms. The number of hydrogen-bond donors (Lipinski definition) is 2. The molecule has 1 heterocycles. The largest absolute Gasteiger partial charge is 0.489 e. The maximum atomic E-state index is 13.4. The molecular weight excluding hydrogens is 343 g/mol. The molecule has 9 heteroatoms. The summed E-state index contributed by atoms with van der Waals surface area (Å²) in [4.78, 5) is 37.8. The lowest BCUT2D eigenvalue weighted by molar-refractivity contribution is -0.139. The average molecular weight is 366 g/mol. The number of imide groups is 1. The van der Waals surface area contributed by atoms with E-state index in [4.69, 9.17) is 4.74 Å². The predicted octanol–water partition coefficient (Wildman–Crippen LogP) is 0.888. The first-order valence-electron chi connectivity index (χ1n) is 8.29. The molecule has 0 unspecified atom stereocenters. The summed E-state index contributed by atoms with van der Waals surface area (Å²) < 4.78 is 18.8. The minimum Gasteiger partial charge on any atom is -0.489 e. The van der Waals surface area contributed by atoms with Crippen LogP contribution in [0.25, 0.3) is 0 Å². The number of urea groups is 1. The van der Waals surface area contributed by atoms with E-state index in [0.717, 1.165) is 0 Å². The first-order valence-corrected chi connectivity index (χ1v) is 8.29. The van der Waals surface area contributed by atoms with Gasteiger partial charge in [-0.25, -0.2) is 9.18 Å². The van der Waals surface area contributed by atoms with Gasteiger partial charge >= 0.3 is 6.03 Å². The van der Waals surface area contributed by atoms with Gasteiger partial charge in [-0.05, 0) is 32.5 Å². The van der Waals surface area contributed by atoms with Crippen molar-refractivity contribution in [1.82, 2.24) is 20.7 Å². The number of nitrogens with zero attached hydrogens (tertiary/aromatic N) is 2. The van der Waals surface area contributed by atoms with Crippen LogP contribution in [0.15, 0.2) is 24.3 Å². The van der Waals surface area contributed by atoms with E-state index in [1.165, 1.54) is 12.1 Å². The van der Waals surface area contributed by atoms with E-state index in [9.17, 15) is 18.8 Å². The van der Waals surface area contributed by atoms with Crippen LogP contribution >= 0.6 is 0 Å². The Kier molecular flexibility index (Phi) is 6.14. The summed E-state index contributed by atoms with van der Waals surface area (Å²) in [5, 5.41) is 3.25. The van der Waals surface area contributed by atoms with Gasteiger partial charge in [-0.3, -0.25) is 19.9 Å². The van der Waals surface area contributed by atoms with E-state index in [-0.39, 0.29) is 18.9 Å². The van der Waals surface area contributed by atoms with Gasteiger partial charge in [0, 0.05) is 6.54 Å². The lowest BCUT2D eigenvalue weighted by atomic mass is 10.00. The Bertz CT molecular complexity index is 699. The number of rotatable bonds is 8. The second-order valence-corrected chi connectivity index (χ2v) is 6.31. The molecule has 0 aromatic heterocycles. The first-order chi connectivity index (χ1) is 12.3. The van der Waals surface area contributed by atoms with Crippen molar-refractivity contribution in [3.63, 3.8) is 0 Å². The highest BCUT2D eigenvalue weighted by atomic mass is 19.1. The van der Waals surface area contributed by atoms with Gasteiger partial charge in [0.2, 0.25) is 0 Å². The average Bonchev–Trinajstić information content (AvgIpc) is 2.80. The van der Waals surface area contributed by atoms with Crippen molar-refractivity contribution in [3.05, 3.63) is 30.1 Å². The molecule has 1 aliphatic rings. The van der Waals surface area contributed by atoms with Crippen molar-refractivity contribution in [3.8, 4) is 5.75 Å². The van der Waals surface area contributed by atoms with Gasteiger partial charge in [0.15, 0.2) is 11.6 Å². The van der Waals surface area contributed by atoms with Gasteiger partial charge in [0.1, 0.15) is 12.1 Å². The molecule has 4 amide bonds. The zero-order valence-corrected chi connectivity index (χ0v) is 15.0. The van der Waals surface area contributed by atoms with E-state index in [2.05, 4.69) is 10.7 Å². The van der Waals surface area contributed by atoms with Crippen LogP contribution in [0.2, 0.25) is 0 Å². The molecule has 1 fully saturated rings. The zero-order chi connectivity index (χ0) is 19.3.